The molecule has 1 aliphatic heterocycles. The zero-order chi connectivity index (χ0) is 18.4. The van der Waals surface area contributed by atoms with Gasteiger partial charge in [0.15, 0.2) is 0 Å². The minimum absolute atomic E-state index is 0.232. The van der Waals surface area contributed by atoms with Gasteiger partial charge in [-0.05, 0) is 27.7 Å². The van der Waals surface area contributed by atoms with Gasteiger partial charge in [0.25, 0.3) is 5.91 Å². The smallest absolute Gasteiger partial charge is 0.369 e. The van der Waals surface area contributed by atoms with Crippen LogP contribution in [0.3, 0.4) is 0 Å². The maximum Gasteiger partial charge on any atom is 0.394 e. The fraction of sp³-hybridized carbons (Fsp3) is 0.667. The number of aryl methyl sites for hydroxylation is 1. The van der Waals surface area contributed by atoms with Gasteiger partial charge in [-0.1, -0.05) is 0 Å². The van der Waals surface area contributed by atoms with Crippen LogP contribution in [0.2, 0.25) is 0 Å². The molecule has 6 nitrogen and oxygen atoms in total. The van der Waals surface area contributed by atoms with Crippen molar-refractivity contribution in [2.75, 3.05) is 13.1 Å². The van der Waals surface area contributed by atoms with Gasteiger partial charge < -0.3 is 10.6 Å². The lowest BCUT2D eigenvalue weighted by Gasteiger charge is -2.19. The average Bonchev–Trinajstić information content (AvgIpc) is 3.00. The number of halogens is 3. The second kappa shape index (κ2) is 5.78. The number of hydrogen-bond donors (Lipinski definition) is 1. The molecular weight excluding hydrogens is 325 g/mol. The van der Waals surface area contributed by atoms with Gasteiger partial charge in [-0.15, -0.1) is 0 Å². The van der Waals surface area contributed by atoms with Crippen molar-refractivity contribution in [1.29, 1.82) is 0 Å². The number of hydrogen-bond acceptors (Lipinski definition) is 3. The average molecular weight is 346 g/mol. The zero-order valence-electron chi connectivity index (χ0n) is 14.0. The molecule has 24 heavy (non-hydrogen) atoms. The molecule has 2 heterocycles. The Morgan fingerprint density at radius 3 is 2.21 bits per heavy atom. The van der Waals surface area contributed by atoms with Gasteiger partial charge in [0.2, 0.25) is 5.91 Å². The van der Waals surface area contributed by atoms with Crippen molar-refractivity contribution < 1.29 is 22.8 Å². The van der Waals surface area contributed by atoms with Gasteiger partial charge in [0, 0.05) is 19.3 Å². The summed E-state index contributed by atoms with van der Waals surface area (Å²) in [5, 5.41) is 4.25. The Kier molecular flexibility index (Phi) is 4.41. The molecule has 1 aromatic rings. The van der Waals surface area contributed by atoms with Crippen molar-refractivity contribution in [3.8, 4) is 0 Å². The van der Waals surface area contributed by atoms with Gasteiger partial charge in [-0.25, -0.2) is 0 Å². The fourth-order valence-corrected chi connectivity index (χ4v) is 2.77. The molecule has 2 amide bonds. The number of likely N-dealkylation sites (tertiary alicyclic amines) is 1. The van der Waals surface area contributed by atoms with E-state index in [1.54, 1.807) is 11.6 Å². The fourth-order valence-electron chi connectivity index (χ4n) is 2.77. The monoisotopic (exact) mass is 346 g/mol. The van der Waals surface area contributed by atoms with E-state index < -0.39 is 36.4 Å². The second-order valence-electron chi connectivity index (χ2n) is 7.11. The van der Waals surface area contributed by atoms with E-state index in [1.807, 2.05) is 20.8 Å². The van der Waals surface area contributed by atoms with Gasteiger partial charge in [-0.2, -0.15) is 18.3 Å². The molecule has 134 valence electrons. The Morgan fingerprint density at radius 2 is 1.83 bits per heavy atom. The lowest BCUT2D eigenvalue weighted by Crippen LogP contribution is -2.37. The molecule has 9 heteroatoms. The number of nitrogens with zero attached hydrogens (tertiary/aromatic N) is 3. The highest BCUT2D eigenvalue weighted by Crippen LogP contribution is 2.38. The zero-order valence-corrected chi connectivity index (χ0v) is 14.0. The largest absolute Gasteiger partial charge is 0.394 e. The quantitative estimate of drug-likeness (QED) is 0.885. The summed E-state index contributed by atoms with van der Waals surface area (Å²) >= 11 is 0. The molecule has 0 saturated carbocycles. The van der Waals surface area contributed by atoms with Crippen LogP contribution in [0.4, 0.5) is 13.2 Å². The lowest BCUT2D eigenvalue weighted by atomic mass is 9.95. The standard InChI is InChI=1S/C15H21F3N4O2/c1-8-9(6-22(20-8)14(2,3)4)13(24)21-5-10(12(19)23)11(7-21)15(16,17)18/h6,10-11H,5,7H2,1-4H3,(H2,19,23)/t10-,11-/m1/s1. The third-order valence-electron chi connectivity index (χ3n) is 4.21. The predicted molar refractivity (Wildman–Crippen MR) is 80.1 cm³/mol. The van der Waals surface area contributed by atoms with Crippen LogP contribution in [0, 0.1) is 18.8 Å². The molecule has 0 bridgehead atoms. The third-order valence-corrected chi connectivity index (χ3v) is 4.21. The topological polar surface area (TPSA) is 81.2 Å². The summed E-state index contributed by atoms with van der Waals surface area (Å²) in [6.45, 7) is 6.40. The van der Waals surface area contributed by atoms with E-state index >= 15 is 0 Å². The minimum atomic E-state index is -4.58. The SMILES string of the molecule is Cc1nn(C(C)(C)C)cc1C(=O)N1C[C@@H](C(F)(F)F)[C@H](C(N)=O)C1. The molecule has 2 rings (SSSR count). The first-order valence-corrected chi connectivity index (χ1v) is 7.54. The van der Waals surface area contributed by atoms with Crippen LogP contribution < -0.4 is 5.73 Å². The first-order valence-electron chi connectivity index (χ1n) is 7.54. The molecule has 1 aromatic heterocycles. The Hall–Kier alpha value is -2.06. The van der Waals surface area contributed by atoms with Crippen LogP contribution in [-0.2, 0) is 10.3 Å². The maximum absolute atomic E-state index is 13.1. The van der Waals surface area contributed by atoms with E-state index in [2.05, 4.69) is 5.10 Å². The second-order valence-corrected chi connectivity index (χ2v) is 7.11. The Bertz CT molecular complexity index is 661. The molecule has 0 spiro atoms. The van der Waals surface area contributed by atoms with Crippen molar-refractivity contribution in [1.82, 2.24) is 14.7 Å². The summed E-state index contributed by atoms with van der Waals surface area (Å²) < 4.78 is 40.9. The van der Waals surface area contributed by atoms with Gasteiger partial charge in [0.05, 0.1) is 28.6 Å². The number of alkyl halides is 3. The van der Waals surface area contributed by atoms with Crippen molar-refractivity contribution in [2.45, 2.75) is 39.4 Å². The first-order chi connectivity index (χ1) is 10.8. The minimum Gasteiger partial charge on any atom is -0.369 e. The highest BCUT2D eigenvalue weighted by molar-refractivity contribution is 5.95. The van der Waals surface area contributed by atoms with Crippen LogP contribution in [-0.4, -0.2) is 45.8 Å². The number of carbonyl (C=O) groups excluding carboxylic acids is 2. The van der Waals surface area contributed by atoms with Crippen LogP contribution in [0.1, 0.15) is 36.8 Å². The molecule has 2 atom stereocenters. The molecule has 0 radical (unpaired) electrons. The Balaban J connectivity index is 2.28. The van der Waals surface area contributed by atoms with Crippen LogP contribution in [0.5, 0.6) is 0 Å². The van der Waals surface area contributed by atoms with Crippen molar-refractivity contribution >= 4 is 11.8 Å². The summed E-state index contributed by atoms with van der Waals surface area (Å²) in [7, 11) is 0. The Morgan fingerprint density at radius 1 is 1.25 bits per heavy atom. The van der Waals surface area contributed by atoms with E-state index in [9.17, 15) is 22.8 Å². The summed E-state index contributed by atoms with van der Waals surface area (Å²) in [4.78, 5) is 25.0. The molecule has 2 N–H and O–H groups in total. The van der Waals surface area contributed by atoms with Gasteiger partial charge in [-0.3, -0.25) is 14.3 Å². The highest BCUT2D eigenvalue weighted by atomic mass is 19.4. The van der Waals surface area contributed by atoms with Crippen LogP contribution >= 0.6 is 0 Å². The summed E-state index contributed by atoms with van der Waals surface area (Å²) in [5.41, 5.74) is 5.38. The Labute approximate surface area is 137 Å². The van der Waals surface area contributed by atoms with Gasteiger partial charge in [0.1, 0.15) is 0 Å². The molecule has 1 fully saturated rings. The summed E-state index contributed by atoms with van der Waals surface area (Å²) in [5.74, 6) is -4.97. The van der Waals surface area contributed by atoms with E-state index in [-0.39, 0.29) is 17.6 Å². The molecule has 0 aliphatic carbocycles. The van der Waals surface area contributed by atoms with Crippen LogP contribution in [0.25, 0.3) is 0 Å². The number of amides is 2. The van der Waals surface area contributed by atoms with Crippen molar-refractivity contribution in [2.24, 2.45) is 17.6 Å². The lowest BCUT2D eigenvalue weighted by molar-refractivity contribution is -0.182. The first kappa shape index (κ1) is 18.3. The summed E-state index contributed by atoms with van der Waals surface area (Å²) in [6, 6.07) is 0. The predicted octanol–water partition coefficient (Wildman–Crippen LogP) is 1.68. The van der Waals surface area contributed by atoms with E-state index in [0.717, 1.165) is 4.90 Å². The highest BCUT2D eigenvalue weighted by Gasteiger charge is 2.53. The van der Waals surface area contributed by atoms with E-state index in [0.29, 0.717) is 5.69 Å². The van der Waals surface area contributed by atoms with Crippen molar-refractivity contribution in [3.63, 3.8) is 0 Å². The number of aromatic nitrogens is 2. The molecule has 1 aliphatic rings. The van der Waals surface area contributed by atoms with Crippen LogP contribution in [0.15, 0.2) is 6.20 Å². The molecule has 1 saturated heterocycles. The maximum atomic E-state index is 13.1. The summed E-state index contributed by atoms with van der Waals surface area (Å²) in [6.07, 6.45) is -3.06. The third kappa shape index (κ3) is 3.39. The van der Waals surface area contributed by atoms with E-state index in [4.69, 9.17) is 5.73 Å². The number of rotatable bonds is 2. The molecule has 0 aromatic carbocycles. The number of primary amides is 1. The normalized spacial score (nSPS) is 22.0. The number of carbonyl (C=O) groups is 2. The van der Waals surface area contributed by atoms with Gasteiger partial charge >= 0.3 is 6.18 Å². The van der Waals surface area contributed by atoms with Crippen molar-refractivity contribution in [3.05, 3.63) is 17.5 Å². The number of nitrogens with two attached hydrogens (primary N) is 1. The molecular formula is C15H21F3N4O2. The molecule has 0 unspecified atom stereocenters. The van der Waals surface area contributed by atoms with E-state index in [1.165, 1.54) is 6.20 Å².